The highest BCUT2D eigenvalue weighted by atomic mass is 32.2. The highest BCUT2D eigenvalue weighted by Crippen LogP contribution is 2.32. The van der Waals surface area contributed by atoms with Crippen LogP contribution in [0.2, 0.25) is 0 Å². The van der Waals surface area contributed by atoms with Crippen LogP contribution in [0.5, 0.6) is 5.75 Å². The second kappa shape index (κ2) is 9.76. The first kappa shape index (κ1) is 23.0. The molecule has 1 aromatic carbocycles. The number of ether oxygens (including phenoxy) is 1. The summed E-state index contributed by atoms with van der Waals surface area (Å²) >= 11 is 1.59. The largest absolute Gasteiger partial charge is 0.495 e. The number of hydrogen-bond donors (Lipinski definition) is 0. The Bertz CT molecular complexity index is 1040. The number of amides is 1. The van der Waals surface area contributed by atoms with E-state index in [1.165, 1.54) is 13.2 Å². The Morgan fingerprint density at radius 2 is 1.97 bits per heavy atom. The van der Waals surface area contributed by atoms with Gasteiger partial charge in [-0.3, -0.25) is 4.79 Å². The van der Waals surface area contributed by atoms with E-state index in [1.54, 1.807) is 38.9 Å². The summed E-state index contributed by atoms with van der Waals surface area (Å²) in [6, 6.07) is 4.67. The van der Waals surface area contributed by atoms with Gasteiger partial charge in [0, 0.05) is 55.9 Å². The molecule has 4 rings (SSSR count). The lowest BCUT2D eigenvalue weighted by molar-refractivity contribution is 0.0766. The molecule has 0 aliphatic carbocycles. The van der Waals surface area contributed by atoms with E-state index in [2.05, 4.69) is 9.88 Å². The summed E-state index contributed by atoms with van der Waals surface area (Å²) in [7, 11) is -2.31. The summed E-state index contributed by atoms with van der Waals surface area (Å²) in [4.78, 5) is 21.7. The second-order valence-corrected chi connectivity index (χ2v) is 11.0. The molecular formula is C22H30N4O4S2. The van der Waals surface area contributed by atoms with Crippen molar-refractivity contribution in [3.8, 4) is 5.75 Å². The molecule has 1 aromatic heterocycles. The van der Waals surface area contributed by atoms with Crippen molar-refractivity contribution in [2.24, 2.45) is 0 Å². The van der Waals surface area contributed by atoms with Crippen LogP contribution in [0, 0.1) is 0 Å². The third kappa shape index (κ3) is 4.62. The van der Waals surface area contributed by atoms with E-state index in [9.17, 15) is 13.2 Å². The van der Waals surface area contributed by atoms with Crippen molar-refractivity contribution in [1.29, 1.82) is 0 Å². The van der Waals surface area contributed by atoms with Crippen LogP contribution < -0.4 is 9.64 Å². The molecule has 8 nitrogen and oxygen atoms in total. The van der Waals surface area contributed by atoms with Gasteiger partial charge in [-0.2, -0.15) is 4.31 Å². The second-order valence-electron chi connectivity index (χ2n) is 8.27. The molecule has 1 amide bonds. The SMILES string of the molecule is COc1ccc(C(=O)N2CCCN(c3nccs3)CC2)cc1S(=O)(=O)N1CCCCC1C. The molecule has 1 atom stereocenters. The number of piperidine rings is 1. The van der Waals surface area contributed by atoms with E-state index in [-0.39, 0.29) is 22.6 Å². The van der Waals surface area contributed by atoms with Crippen LogP contribution in [-0.2, 0) is 10.0 Å². The predicted molar refractivity (Wildman–Crippen MR) is 125 cm³/mol. The van der Waals surface area contributed by atoms with Crippen molar-refractivity contribution in [2.45, 2.75) is 43.5 Å². The number of hydrogen-bond acceptors (Lipinski definition) is 7. The Morgan fingerprint density at radius 1 is 1.12 bits per heavy atom. The van der Waals surface area contributed by atoms with E-state index in [1.807, 2.05) is 12.3 Å². The van der Waals surface area contributed by atoms with Crippen LogP contribution in [0.25, 0.3) is 0 Å². The maximum atomic E-state index is 13.5. The van der Waals surface area contributed by atoms with Gasteiger partial charge in [0.2, 0.25) is 10.0 Å². The third-order valence-corrected chi connectivity index (χ3v) is 9.08. The van der Waals surface area contributed by atoms with Crippen molar-refractivity contribution in [2.75, 3.05) is 44.7 Å². The van der Waals surface area contributed by atoms with Gasteiger partial charge in [0.15, 0.2) is 5.13 Å². The summed E-state index contributed by atoms with van der Waals surface area (Å²) in [5.41, 5.74) is 0.372. The van der Waals surface area contributed by atoms with Crippen molar-refractivity contribution in [3.05, 3.63) is 35.3 Å². The van der Waals surface area contributed by atoms with Crippen LogP contribution in [0.15, 0.2) is 34.7 Å². The first-order chi connectivity index (χ1) is 15.4. The lowest BCUT2D eigenvalue weighted by Gasteiger charge is -2.32. The smallest absolute Gasteiger partial charge is 0.253 e. The minimum atomic E-state index is -3.76. The fraction of sp³-hybridized carbons (Fsp3) is 0.545. The van der Waals surface area contributed by atoms with Crippen LogP contribution >= 0.6 is 11.3 Å². The number of carbonyl (C=O) groups excluding carboxylic acids is 1. The van der Waals surface area contributed by atoms with Gasteiger partial charge < -0.3 is 14.5 Å². The molecule has 10 heteroatoms. The maximum absolute atomic E-state index is 13.5. The third-order valence-electron chi connectivity index (χ3n) is 6.21. The van der Waals surface area contributed by atoms with Gasteiger partial charge in [-0.15, -0.1) is 11.3 Å². The van der Waals surface area contributed by atoms with Crippen LogP contribution in [-0.4, -0.2) is 74.4 Å². The number of methoxy groups -OCH3 is 1. The number of thiazole rings is 1. The first-order valence-corrected chi connectivity index (χ1v) is 13.4. The maximum Gasteiger partial charge on any atom is 0.253 e. The van der Waals surface area contributed by atoms with Crippen LogP contribution in [0.3, 0.4) is 0 Å². The molecule has 174 valence electrons. The zero-order chi connectivity index (χ0) is 22.7. The van der Waals surface area contributed by atoms with Gasteiger partial charge >= 0.3 is 0 Å². The van der Waals surface area contributed by atoms with E-state index in [4.69, 9.17) is 4.74 Å². The first-order valence-electron chi connectivity index (χ1n) is 11.1. The molecule has 0 saturated carbocycles. The molecule has 2 aliphatic heterocycles. The Hall–Kier alpha value is -2.17. The van der Waals surface area contributed by atoms with Crippen molar-refractivity contribution < 1.29 is 17.9 Å². The van der Waals surface area contributed by atoms with Crippen LogP contribution in [0.1, 0.15) is 43.0 Å². The molecule has 2 aliphatic rings. The van der Waals surface area contributed by atoms with Gasteiger partial charge in [-0.1, -0.05) is 6.42 Å². The summed E-state index contributed by atoms with van der Waals surface area (Å²) in [6.07, 6.45) is 5.32. The Labute approximate surface area is 193 Å². The highest BCUT2D eigenvalue weighted by Gasteiger charge is 2.34. The standard InChI is InChI=1S/C22H30N4O4S2/c1-17-6-3-4-12-26(17)32(28,29)20-16-18(7-8-19(20)30-2)21(27)24-10-5-11-25(14-13-24)22-23-9-15-31-22/h7-9,15-17H,3-6,10-14H2,1-2H3. The average Bonchev–Trinajstić information content (AvgIpc) is 3.23. The fourth-order valence-corrected chi connectivity index (χ4v) is 7.01. The number of anilines is 1. The molecule has 3 heterocycles. The molecule has 0 radical (unpaired) electrons. The number of rotatable bonds is 5. The topological polar surface area (TPSA) is 83.0 Å². The van der Waals surface area contributed by atoms with Gasteiger partial charge in [-0.05, 0) is 44.4 Å². The average molecular weight is 479 g/mol. The molecule has 0 spiro atoms. The number of benzene rings is 1. The van der Waals surface area contributed by atoms with Crippen molar-refractivity contribution >= 4 is 32.4 Å². The zero-order valence-electron chi connectivity index (χ0n) is 18.6. The van der Waals surface area contributed by atoms with Crippen LogP contribution in [0.4, 0.5) is 5.13 Å². The summed E-state index contributed by atoms with van der Waals surface area (Å²) in [6.45, 7) is 5.15. The lowest BCUT2D eigenvalue weighted by atomic mass is 10.1. The lowest BCUT2D eigenvalue weighted by Crippen LogP contribution is -2.42. The zero-order valence-corrected chi connectivity index (χ0v) is 20.2. The summed E-state index contributed by atoms with van der Waals surface area (Å²) in [5, 5.41) is 2.92. The number of aromatic nitrogens is 1. The van der Waals surface area contributed by atoms with Gasteiger partial charge in [0.1, 0.15) is 10.6 Å². The number of carbonyl (C=O) groups is 1. The van der Waals surface area contributed by atoms with E-state index in [0.717, 1.165) is 37.4 Å². The molecule has 2 saturated heterocycles. The van der Waals surface area contributed by atoms with Gasteiger partial charge in [-0.25, -0.2) is 13.4 Å². The van der Waals surface area contributed by atoms with E-state index < -0.39 is 10.0 Å². The van der Waals surface area contributed by atoms with Crippen molar-refractivity contribution in [3.63, 3.8) is 0 Å². The molecule has 0 N–H and O–H groups in total. The van der Waals surface area contributed by atoms with Crippen molar-refractivity contribution in [1.82, 2.24) is 14.2 Å². The normalized spacial score (nSPS) is 20.8. The minimum Gasteiger partial charge on any atom is -0.495 e. The molecule has 1 unspecified atom stereocenters. The number of nitrogens with zero attached hydrogens (tertiary/aromatic N) is 4. The Morgan fingerprint density at radius 3 is 2.69 bits per heavy atom. The molecule has 2 fully saturated rings. The Kier molecular flexibility index (Phi) is 7.02. The van der Waals surface area contributed by atoms with E-state index >= 15 is 0 Å². The molecule has 32 heavy (non-hydrogen) atoms. The minimum absolute atomic E-state index is 0.0684. The molecule has 2 aromatic rings. The predicted octanol–water partition coefficient (Wildman–Crippen LogP) is 3.07. The summed E-state index contributed by atoms with van der Waals surface area (Å²) in [5.74, 6) is 0.113. The molecule has 0 bridgehead atoms. The highest BCUT2D eigenvalue weighted by molar-refractivity contribution is 7.89. The summed E-state index contributed by atoms with van der Waals surface area (Å²) < 4.78 is 33.8. The monoisotopic (exact) mass is 478 g/mol. The Balaban J connectivity index is 1.57. The fourth-order valence-electron chi connectivity index (χ4n) is 4.43. The quantitative estimate of drug-likeness (QED) is 0.657. The van der Waals surface area contributed by atoms with Gasteiger partial charge in [0.25, 0.3) is 5.91 Å². The number of sulfonamides is 1. The van der Waals surface area contributed by atoms with Gasteiger partial charge in [0.05, 0.1) is 7.11 Å². The molecular weight excluding hydrogens is 448 g/mol. The van der Waals surface area contributed by atoms with E-state index in [0.29, 0.717) is 31.7 Å².